The molecule has 0 radical (unpaired) electrons. The molecule has 1 N–H and O–H groups in total. The zero-order valence-corrected chi connectivity index (χ0v) is 24.9. The number of hydrogen-bond acceptors (Lipinski definition) is 2. The van der Waals surface area contributed by atoms with E-state index in [0.717, 1.165) is 17.1 Å². The van der Waals surface area contributed by atoms with E-state index in [1.165, 1.54) is 55.2 Å². The van der Waals surface area contributed by atoms with Gasteiger partial charge in [-0.05, 0) is 76.7 Å². The van der Waals surface area contributed by atoms with E-state index in [4.69, 9.17) is 0 Å². The lowest BCUT2D eigenvalue weighted by molar-refractivity contribution is 0.424. The van der Waals surface area contributed by atoms with Gasteiger partial charge in [-0.25, -0.2) is 0 Å². The Morgan fingerprint density at radius 3 is 1.98 bits per heavy atom. The second kappa shape index (κ2) is 9.35. The van der Waals surface area contributed by atoms with E-state index < -0.39 is 5.41 Å². The van der Waals surface area contributed by atoms with Gasteiger partial charge in [0, 0.05) is 22.1 Å². The average Bonchev–Trinajstić information content (AvgIpc) is 3.58. The summed E-state index contributed by atoms with van der Waals surface area (Å²) in [6, 6.07) is 50.3. The first-order valence-electron chi connectivity index (χ1n) is 15.4. The van der Waals surface area contributed by atoms with Crippen LogP contribution in [0.5, 0.6) is 0 Å². The van der Waals surface area contributed by atoms with Crippen molar-refractivity contribution in [3.05, 3.63) is 186 Å². The Bertz CT molecular complexity index is 2330. The predicted octanol–water partition coefficient (Wildman–Crippen LogP) is 10.6. The van der Waals surface area contributed by atoms with E-state index in [1.54, 1.807) is 0 Å². The molecule has 2 aliphatic rings. The molecule has 0 amide bonds. The van der Waals surface area contributed by atoms with Crippen LogP contribution < -0.4 is 4.90 Å². The summed E-state index contributed by atoms with van der Waals surface area (Å²) in [5.74, 6) is 0.0220. The van der Waals surface area contributed by atoms with Crippen LogP contribution in [0.2, 0.25) is 0 Å². The lowest BCUT2D eigenvalue weighted by Gasteiger charge is -2.40. The first-order chi connectivity index (χ1) is 22.1. The third kappa shape index (κ3) is 3.25. The van der Waals surface area contributed by atoms with Crippen molar-refractivity contribution in [2.75, 3.05) is 4.90 Å². The summed E-state index contributed by atoms with van der Waals surface area (Å²) in [6.45, 7) is 5.88. The number of aliphatic hydroxyl groups is 1. The molecule has 0 unspecified atom stereocenters. The summed E-state index contributed by atoms with van der Waals surface area (Å²) < 4.78 is 2.46. The smallest absolute Gasteiger partial charge is 0.132 e. The quantitative estimate of drug-likeness (QED) is 0.166. The molecule has 0 saturated heterocycles. The minimum Gasteiger partial charge on any atom is -0.506 e. The van der Waals surface area contributed by atoms with Gasteiger partial charge >= 0.3 is 0 Å². The Morgan fingerprint density at radius 2 is 1.27 bits per heavy atom. The molecule has 1 aromatic heterocycles. The van der Waals surface area contributed by atoms with Gasteiger partial charge in [0.15, 0.2) is 0 Å². The van der Waals surface area contributed by atoms with Gasteiger partial charge < -0.3 is 14.6 Å². The van der Waals surface area contributed by atoms with Gasteiger partial charge in [-0.1, -0.05) is 116 Å². The highest BCUT2D eigenvalue weighted by Crippen LogP contribution is 2.61. The maximum Gasteiger partial charge on any atom is 0.132 e. The molecule has 0 saturated carbocycles. The van der Waals surface area contributed by atoms with Crippen molar-refractivity contribution >= 4 is 33.2 Å². The van der Waals surface area contributed by atoms with Crippen LogP contribution >= 0.6 is 0 Å². The molecule has 9 rings (SSSR count). The minimum absolute atomic E-state index is 0.0220. The lowest BCUT2D eigenvalue weighted by atomic mass is 9.65. The fourth-order valence-electron chi connectivity index (χ4n) is 8.12. The highest BCUT2D eigenvalue weighted by Gasteiger charge is 2.50. The number of aliphatic hydroxyl groups excluding tert-OH is 1. The number of hydrogen-bond donors (Lipinski definition) is 1. The standard InChI is InChI=1S/C42H30N2O/c1-3-38(27(2)45)43(28-14-5-4-6-15-28)29-24-25-40-37(26-29)42(34-20-10-7-16-30(34)31-17-8-11-21-35(31)42)36-22-13-19-33-32-18-9-12-23-39(32)44(40)41(33)36/h3-26,45H,2H2,1H3/b38-3+. The van der Waals surface area contributed by atoms with Crippen molar-refractivity contribution in [3.63, 3.8) is 0 Å². The average molecular weight is 579 g/mol. The Labute approximate surface area is 262 Å². The zero-order valence-electron chi connectivity index (χ0n) is 24.9. The van der Waals surface area contributed by atoms with Crippen LogP contribution in [0.3, 0.4) is 0 Å². The molecule has 214 valence electrons. The topological polar surface area (TPSA) is 28.4 Å². The highest BCUT2D eigenvalue weighted by molar-refractivity contribution is 6.13. The fraction of sp³-hybridized carbons (Fsp3) is 0.0476. The van der Waals surface area contributed by atoms with Gasteiger partial charge in [-0.15, -0.1) is 0 Å². The van der Waals surface area contributed by atoms with Crippen LogP contribution in [0.1, 0.15) is 29.2 Å². The Balaban J connectivity index is 1.47. The third-order valence-electron chi connectivity index (χ3n) is 9.76. The molecule has 0 bridgehead atoms. The third-order valence-corrected chi connectivity index (χ3v) is 9.76. The van der Waals surface area contributed by atoms with E-state index in [1.807, 2.05) is 31.2 Å². The van der Waals surface area contributed by atoms with Crippen molar-refractivity contribution in [3.8, 4) is 16.8 Å². The number of nitrogens with zero attached hydrogens (tertiary/aromatic N) is 2. The van der Waals surface area contributed by atoms with E-state index >= 15 is 0 Å². The fourth-order valence-corrected chi connectivity index (χ4v) is 8.12. The van der Waals surface area contributed by atoms with Crippen LogP contribution in [0.4, 0.5) is 11.4 Å². The minimum atomic E-state index is -0.545. The normalized spacial score (nSPS) is 13.9. The highest BCUT2D eigenvalue weighted by atomic mass is 16.3. The van der Waals surface area contributed by atoms with Gasteiger partial charge in [0.1, 0.15) is 5.76 Å². The largest absolute Gasteiger partial charge is 0.506 e. The molecular formula is C42H30N2O. The van der Waals surface area contributed by atoms with Crippen molar-refractivity contribution in [2.24, 2.45) is 0 Å². The molecule has 3 nitrogen and oxygen atoms in total. The number of aromatic nitrogens is 1. The number of allylic oxidation sites excluding steroid dienone is 1. The summed E-state index contributed by atoms with van der Waals surface area (Å²) in [7, 11) is 0. The molecule has 2 heterocycles. The molecule has 3 heteroatoms. The van der Waals surface area contributed by atoms with Crippen LogP contribution in [0.25, 0.3) is 38.6 Å². The van der Waals surface area contributed by atoms with Crippen LogP contribution in [0, 0.1) is 0 Å². The monoisotopic (exact) mass is 578 g/mol. The zero-order chi connectivity index (χ0) is 30.3. The predicted molar refractivity (Wildman–Crippen MR) is 186 cm³/mol. The molecule has 0 fully saturated rings. The van der Waals surface area contributed by atoms with Gasteiger partial charge in [-0.3, -0.25) is 0 Å². The number of fused-ring (bicyclic) bond motifs is 12. The molecular weight excluding hydrogens is 548 g/mol. The van der Waals surface area contributed by atoms with Gasteiger partial charge in [0.25, 0.3) is 0 Å². The molecule has 6 aromatic carbocycles. The molecule has 1 aliphatic carbocycles. The van der Waals surface area contributed by atoms with Crippen LogP contribution in [-0.4, -0.2) is 9.67 Å². The van der Waals surface area contributed by atoms with Gasteiger partial charge in [-0.2, -0.15) is 0 Å². The molecule has 1 aliphatic heterocycles. The Morgan fingerprint density at radius 1 is 0.644 bits per heavy atom. The molecule has 7 aromatic rings. The van der Waals surface area contributed by atoms with Crippen molar-refractivity contribution in [1.82, 2.24) is 4.57 Å². The SMILES string of the molecule is C=C(O)/C(=C\C)N(c1ccccc1)c1ccc2c(c1)C1(c3ccccc3-c3ccccc31)c1cccc3c4ccccc4n-2c13. The number of benzene rings is 6. The number of anilines is 2. The van der Waals surface area contributed by atoms with Crippen molar-refractivity contribution in [2.45, 2.75) is 12.3 Å². The maximum atomic E-state index is 10.8. The van der Waals surface area contributed by atoms with E-state index in [9.17, 15) is 5.11 Å². The molecule has 0 atom stereocenters. The second-order valence-corrected chi connectivity index (χ2v) is 11.9. The van der Waals surface area contributed by atoms with Crippen LogP contribution in [-0.2, 0) is 5.41 Å². The maximum absolute atomic E-state index is 10.8. The van der Waals surface area contributed by atoms with E-state index in [2.05, 4.69) is 137 Å². The van der Waals surface area contributed by atoms with Crippen molar-refractivity contribution in [1.29, 1.82) is 0 Å². The number of para-hydroxylation sites is 3. The van der Waals surface area contributed by atoms with Crippen molar-refractivity contribution < 1.29 is 5.11 Å². The molecule has 1 spiro atoms. The summed E-state index contributed by atoms with van der Waals surface area (Å²) in [6.07, 6.45) is 1.92. The second-order valence-electron chi connectivity index (χ2n) is 11.9. The van der Waals surface area contributed by atoms with Gasteiger partial charge in [0.2, 0.25) is 0 Å². The Kier molecular flexibility index (Phi) is 5.33. The summed E-state index contributed by atoms with van der Waals surface area (Å²) in [5.41, 5.74) is 13.2. The van der Waals surface area contributed by atoms with E-state index in [0.29, 0.717) is 5.70 Å². The molecule has 45 heavy (non-hydrogen) atoms. The summed E-state index contributed by atoms with van der Waals surface area (Å²) in [4.78, 5) is 2.10. The first kappa shape index (κ1) is 25.7. The number of rotatable bonds is 4. The van der Waals surface area contributed by atoms with Gasteiger partial charge in [0.05, 0.1) is 27.8 Å². The van der Waals surface area contributed by atoms with Crippen LogP contribution in [0.15, 0.2) is 164 Å². The van der Waals surface area contributed by atoms with E-state index in [-0.39, 0.29) is 5.76 Å². The Hall–Kier alpha value is -5.80. The first-order valence-corrected chi connectivity index (χ1v) is 15.4. The summed E-state index contributed by atoms with van der Waals surface area (Å²) in [5, 5.41) is 13.3. The lowest BCUT2D eigenvalue weighted by Crippen LogP contribution is -2.34. The summed E-state index contributed by atoms with van der Waals surface area (Å²) >= 11 is 0.